The number of hydrogen-bond donors (Lipinski definition) is 0. The predicted molar refractivity (Wildman–Crippen MR) is 134 cm³/mol. The highest BCUT2D eigenvalue weighted by Crippen LogP contribution is 2.38. The van der Waals surface area contributed by atoms with Crippen molar-refractivity contribution in [1.29, 1.82) is 0 Å². The maximum absolute atomic E-state index is 5.20. The Kier molecular flexibility index (Phi) is 9.64. The highest BCUT2D eigenvalue weighted by atomic mass is 32.1. The van der Waals surface area contributed by atoms with Crippen molar-refractivity contribution in [2.75, 3.05) is 13.6 Å². The number of likely N-dealkylation sites (N-methyl/N-ethyl adjacent to an activating group) is 1. The molecule has 168 valence electrons. The largest absolute Gasteiger partial charge is 0.298 e. The van der Waals surface area contributed by atoms with Gasteiger partial charge in [-0.05, 0) is 65.0 Å². The molecule has 1 aromatic rings. The van der Waals surface area contributed by atoms with Crippen LogP contribution in [0.3, 0.4) is 0 Å². The molecule has 0 unspecified atom stereocenters. The maximum Gasteiger partial charge on any atom is 0.0630 e. The summed E-state index contributed by atoms with van der Waals surface area (Å²) in [6.07, 6.45) is 19.9. The standard InChI is InChI=1S/C27H44N2S/c1-5-6-14-21(2)28-26(20-29(4)24-17-12-7-8-13-18-24)25-19-27(30-22(25)3)23-15-10-9-11-16-23/h14,19,23-24H,5-13,15-18,20H2,1-4H3/b21-14+,28-26?. The van der Waals surface area contributed by atoms with E-state index in [9.17, 15) is 0 Å². The lowest BCUT2D eigenvalue weighted by Gasteiger charge is -2.27. The van der Waals surface area contributed by atoms with Crippen LogP contribution in [0.5, 0.6) is 0 Å². The summed E-state index contributed by atoms with van der Waals surface area (Å²) >= 11 is 2.04. The molecule has 2 aliphatic carbocycles. The van der Waals surface area contributed by atoms with Crippen molar-refractivity contribution in [2.45, 2.75) is 116 Å². The van der Waals surface area contributed by atoms with Crippen LogP contribution in [0.1, 0.15) is 119 Å². The Bertz CT molecular complexity index is 700. The average Bonchev–Trinajstić information content (AvgIpc) is 2.95. The van der Waals surface area contributed by atoms with Gasteiger partial charge in [-0.15, -0.1) is 11.3 Å². The fourth-order valence-electron chi connectivity index (χ4n) is 5.24. The van der Waals surface area contributed by atoms with Gasteiger partial charge in [0.2, 0.25) is 0 Å². The molecule has 2 nitrogen and oxygen atoms in total. The lowest BCUT2D eigenvalue weighted by Crippen LogP contribution is -2.36. The molecule has 1 heterocycles. The first kappa shape index (κ1) is 23.7. The smallest absolute Gasteiger partial charge is 0.0630 e. The van der Waals surface area contributed by atoms with E-state index in [2.05, 4.69) is 44.9 Å². The Labute approximate surface area is 189 Å². The van der Waals surface area contributed by atoms with Gasteiger partial charge < -0.3 is 0 Å². The van der Waals surface area contributed by atoms with Crippen LogP contribution in [0.25, 0.3) is 0 Å². The van der Waals surface area contributed by atoms with E-state index in [4.69, 9.17) is 4.99 Å². The Morgan fingerprint density at radius 3 is 2.37 bits per heavy atom. The average molecular weight is 429 g/mol. The van der Waals surface area contributed by atoms with Crippen molar-refractivity contribution in [2.24, 2.45) is 4.99 Å². The normalized spacial score (nSPS) is 20.7. The minimum absolute atomic E-state index is 0.717. The third-order valence-electron chi connectivity index (χ3n) is 7.14. The summed E-state index contributed by atoms with van der Waals surface area (Å²) in [5.74, 6) is 0.786. The van der Waals surface area contributed by atoms with Crippen molar-refractivity contribution in [3.63, 3.8) is 0 Å². The number of allylic oxidation sites excluding steroid dienone is 2. The van der Waals surface area contributed by atoms with E-state index < -0.39 is 0 Å². The molecule has 0 bridgehead atoms. The van der Waals surface area contributed by atoms with Crippen LogP contribution in [0.2, 0.25) is 0 Å². The van der Waals surface area contributed by atoms with E-state index in [0.717, 1.165) is 24.9 Å². The summed E-state index contributed by atoms with van der Waals surface area (Å²) in [5.41, 5.74) is 3.90. The summed E-state index contributed by atoms with van der Waals surface area (Å²) in [5, 5.41) is 0. The van der Waals surface area contributed by atoms with Crippen molar-refractivity contribution in [3.05, 3.63) is 33.2 Å². The first-order valence-electron chi connectivity index (χ1n) is 12.6. The lowest BCUT2D eigenvalue weighted by atomic mass is 9.88. The van der Waals surface area contributed by atoms with Gasteiger partial charge in [0.1, 0.15) is 0 Å². The molecule has 3 rings (SSSR count). The van der Waals surface area contributed by atoms with Gasteiger partial charge in [-0.3, -0.25) is 9.89 Å². The minimum atomic E-state index is 0.717. The molecule has 2 fully saturated rings. The van der Waals surface area contributed by atoms with Crippen molar-refractivity contribution >= 4 is 17.0 Å². The zero-order chi connectivity index (χ0) is 21.3. The Morgan fingerprint density at radius 2 is 1.70 bits per heavy atom. The van der Waals surface area contributed by atoms with Gasteiger partial charge in [0, 0.05) is 33.6 Å². The van der Waals surface area contributed by atoms with Gasteiger partial charge in [-0.25, -0.2) is 0 Å². The predicted octanol–water partition coefficient (Wildman–Crippen LogP) is 8.25. The minimum Gasteiger partial charge on any atom is -0.298 e. The molecule has 30 heavy (non-hydrogen) atoms. The van der Waals surface area contributed by atoms with E-state index in [0.29, 0.717) is 0 Å². The zero-order valence-electron chi connectivity index (χ0n) is 20.0. The molecule has 0 amide bonds. The van der Waals surface area contributed by atoms with Crippen LogP contribution >= 0.6 is 11.3 Å². The third-order valence-corrected chi connectivity index (χ3v) is 8.36. The molecule has 0 saturated heterocycles. The topological polar surface area (TPSA) is 15.6 Å². The fraction of sp³-hybridized carbons (Fsp3) is 0.741. The van der Waals surface area contributed by atoms with E-state index in [1.807, 2.05) is 11.3 Å². The summed E-state index contributed by atoms with van der Waals surface area (Å²) in [6, 6.07) is 3.23. The van der Waals surface area contributed by atoms with Gasteiger partial charge in [0.15, 0.2) is 0 Å². The number of rotatable bonds is 8. The second kappa shape index (κ2) is 12.2. The summed E-state index contributed by atoms with van der Waals surface area (Å²) < 4.78 is 0. The Hall–Kier alpha value is -0.930. The highest BCUT2D eigenvalue weighted by molar-refractivity contribution is 7.12. The summed E-state index contributed by atoms with van der Waals surface area (Å²) in [4.78, 5) is 10.9. The number of thiophene rings is 1. The van der Waals surface area contributed by atoms with Gasteiger partial charge in [0.05, 0.1) is 5.71 Å². The first-order chi connectivity index (χ1) is 14.6. The van der Waals surface area contributed by atoms with Crippen LogP contribution in [-0.4, -0.2) is 30.2 Å². The van der Waals surface area contributed by atoms with Gasteiger partial charge in [-0.1, -0.05) is 64.4 Å². The molecule has 1 aromatic heterocycles. The van der Waals surface area contributed by atoms with Crippen LogP contribution in [0.15, 0.2) is 22.8 Å². The van der Waals surface area contributed by atoms with Gasteiger partial charge >= 0.3 is 0 Å². The number of aliphatic imine (C=N–C) groups is 1. The van der Waals surface area contributed by atoms with Crippen LogP contribution in [0, 0.1) is 6.92 Å². The van der Waals surface area contributed by atoms with Crippen LogP contribution in [0.4, 0.5) is 0 Å². The summed E-state index contributed by atoms with van der Waals surface area (Å²) in [7, 11) is 2.33. The van der Waals surface area contributed by atoms with Crippen molar-refractivity contribution in [3.8, 4) is 0 Å². The number of nitrogens with zero attached hydrogens (tertiary/aromatic N) is 2. The maximum atomic E-state index is 5.20. The molecule has 2 aliphatic rings. The molecule has 0 aliphatic heterocycles. The Balaban J connectivity index is 1.83. The second-order valence-corrected chi connectivity index (χ2v) is 11.0. The SMILES string of the molecule is CCC/C=C(\C)N=C(CN(C)C1CCCCCC1)c1cc(C2CCCCC2)sc1C. The molecule has 0 aromatic carbocycles. The molecular weight excluding hydrogens is 384 g/mol. The van der Waals surface area contributed by atoms with Crippen LogP contribution in [-0.2, 0) is 0 Å². The lowest BCUT2D eigenvalue weighted by molar-refractivity contribution is 0.249. The highest BCUT2D eigenvalue weighted by Gasteiger charge is 2.23. The quantitative estimate of drug-likeness (QED) is 0.300. The van der Waals surface area contributed by atoms with E-state index in [1.54, 1.807) is 4.88 Å². The zero-order valence-corrected chi connectivity index (χ0v) is 20.8. The summed E-state index contributed by atoms with van der Waals surface area (Å²) in [6.45, 7) is 7.72. The van der Waals surface area contributed by atoms with E-state index >= 15 is 0 Å². The first-order valence-corrected chi connectivity index (χ1v) is 13.5. The third kappa shape index (κ3) is 6.79. The van der Waals surface area contributed by atoms with Gasteiger partial charge in [-0.2, -0.15) is 0 Å². The number of aryl methyl sites for hydroxylation is 1. The van der Waals surface area contributed by atoms with Gasteiger partial charge in [0.25, 0.3) is 0 Å². The molecule has 3 heteroatoms. The molecule has 2 saturated carbocycles. The molecule has 0 atom stereocenters. The molecule has 0 spiro atoms. The molecular formula is C27H44N2S. The van der Waals surface area contributed by atoms with E-state index in [-0.39, 0.29) is 0 Å². The Morgan fingerprint density at radius 1 is 1.07 bits per heavy atom. The number of unbranched alkanes of at least 4 members (excludes halogenated alkanes) is 1. The molecule has 0 N–H and O–H groups in total. The van der Waals surface area contributed by atoms with Crippen molar-refractivity contribution < 1.29 is 0 Å². The monoisotopic (exact) mass is 428 g/mol. The molecule has 0 radical (unpaired) electrons. The van der Waals surface area contributed by atoms with Crippen molar-refractivity contribution in [1.82, 2.24) is 4.90 Å². The fourth-order valence-corrected chi connectivity index (χ4v) is 6.46. The van der Waals surface area contributed by atoms with Crippen LogP contribution < -0.4 is 0 Å². The van der Waals surface area contributed by atoms with E-state index in [1.165, 1.54) is 98.9 Å². The number of hydrogen-bond acceptors (Lipinski definition) is 3. The second-order valence-electron chi connectivity index (χ2n) is 9.71.